The molecule has 5 heteroatoms. The van der Waals surface area contributed by atoms with Crippen LogP contribution in [0.4, 0.5) is 11.5 Å². The minimum Gasteiger partial charge on any atom is -0.476 e. The molecule has 3 N–H and O–H groups in total. The predicted molar refractivity (Wildman–Crippen MR) is 78.9 cm³/mol. The van der Waals surface area contributed by atoms with E-state index < -0.39 is 0 Å². The molecule has 0 bridgehead atoms. The van der Waals surface area contributed by atoms with Crippen LogP contribution in [0.3, 0.4) is 0 Å². The highest BCUT2D eigenvalue weighted by atomic mass is 16.5. The molecule has 1 aliphatic carbocycles. The van der Waals surface area contributed by atoms with E-state index in [0.717, 1.165) is 32.0 Å². The summed E-state index contributed by atoms with van der Waals surface area (Å²) in [5, 5.41) is 3.36. The van der Waals surface area contributed by atoms with Crippen LogP contribution in [0.15, 0.2) is 12.1 Å². The van der Waals surface area contributed by atoms with Gasteiger partial charge in [-0.05, 0) is 44.2 Å². The molecule has 110 valence electrons. The zero-order valence-electron chi connectivity index (χ0n) is 12.0. The van der Waals surface area contributed by atoms with Gasteiger partial charge in [0.25, 0.3) is 0 Å². The fourth-order valence-corrected chi connectivity index (χ4v) is 2.43. The third-order valence-corrected chi connectivity index (χ3v) is 4.12. The topological polar surface area (TPSA) is 69.4 Å². The number of nitrogens with one attached hydrogen (secondary N) is 1. The van der Waals surface area contributed by atoms with Gasteiger partial charge in [0.05, 0.1) is 18.4 Å². The summed E-state index contributed by atoms with van der Waals surface area (Å²) in [5.74, 6) is 2.62. The normalized spacial score (nSPS) is 25.6. The van der Waals surface area contributed by atoms with Crippen LogP contribution in [0.1, 0.15) is 26.2 Å². The van der Waals surface area contributed by atoms with Crippen molar-refractivity contribution in [2.75, 3.05) is 30.8 Å². The second-order valence-corrected chi connectivity index (χ2v) is 5.85. The van der Waals surface area contributed by atoms with Crippen molar-refractivity contribution in [1.82, 2.24) is 4.98 Å². The first-order valence-electron chi connectivity index (χ1n) is 7.47. The van der Waals surface area contributed by atoms with E-state index in [2.05, 4.69) is 17.2 Å². The first kappa shape index (κ1) is 13.5. The van der Waals surface area contributed by atoms with E-state index in [9.17, 15) is 0 Å². The molecule has 1 saturated carbocycles. The van der Waals surface area contributed by atoms with Gasteiger partial charge in [-0.3, -0.25) is 0 Å². The number of pyridine rings is 1. The fourth-order valence-electron chi connectivity index (χ4n) is 2.43. The van der Waals surface area contributed by atoms with Gasteiger partial charge in [0.15, 0.2) is 0 Å². The maximum Gasteiger partial charge on any atom is 0.239 e. The fraction of sp³-hybridized carbons (Fsp3) is 0.667. The first-order valence-corrected chi connectivity index (χ1v) is 7.47. The zero-order chi connectivity index (χ0) is 13.9. The van der Waals surface area contributed by atoms with Crippen LogP contribution in [0, 0.1) is 11.8 Å². The van der Waals surface area contributed by atoms with Crippen LogP contribution in [0.2, 0.25) is 0 Å². The van der Waals surface area contributed by atoms with Gasteiger partial charge in [0, 0.05) is 19.1 Å². The molecule has 1 saturated heterocycles. The molecule has 20 heavy (non-hydrogen) atoms. The number of ether oxygens (including phenoxy) is 2. The van der Waals surface area contributed by atoms with Crippen molar-refractivity contribution >= 4 is 11.5 Å². The molecule has 2 atom stereocenters. The molecular weight excluding hydrogens is 254 g/mol. The van der Waals surface area contributed by atoms with Gasteiger partial charge in [-0.15, -0.1) is 0 Å². The molecule has 1 aromatic heterocycles. The molecular formula is C15H23N3O2. The van der Waals surface area contributed by atoms with Crippen molar-refractivity contribution in [1.29, 1.82) is 0 Å². The van der Waals surface area contributed by atoms with Crippen molar-refractivity contribution in [3.05, 3.63) is 12.1 Å². The van der Waals surface area contributed by atoms with Crippen molar-refractivity contribution in [2.24, 2.45) is 11.8 Å². The lowest BCUT2D eigenvalue weighted by molar-refractivity contribution is 0.108. The van der Waals surface area contributed by atoms with E-state index in [1.54, 1.807) is 0 Å². The number of rotatable bonds is 6. The third kappa shape index (κ3) is 3.33. The Labute approximate surface area is 119 Å². The largest absolute Gasteiger partial charge is 0.476 e. The molecule has 3 rings (SSSR count). The Hall–Kier alpha value is -1.49. The molecule has 0 amide bonds. The van der Waals surface area contributed by atoms with Gasteiger partial charge in [0.2, 0.25) is 5.88 Å². The quantitative estimate of drug-likeness (QED) is 0.835. The first-order chi connectivity index (χ1) is 9.72. The second-order valence-electron chi connectivity index (χ2n) is 5.85. The Morgan fingerprint density at radius 1 is 1.40 bits per heavy atom. The van der Waals surface area contributed by atoms with Crippen LogP contribution >= 0.6 is 0 Å². The molecule has 1 aliphatic heterocycles. The SMILES string of the molecule is CC1OCCC1CNc1ccc(N)c(OCC2CC2)n1. The van der Waals surface area contributed by atoms with Crippen molar-refractivity contribution < 1.29 is 9.47 Å². The van der Waals surface area contributed by atoms with Crippen molar-refractivity contribution in [3.63, 3.8) is 0 Å². The average molecular weight is 277 g/mol. The summed E-state index contributed by atoms with van der Waals surface area (Å²) in [6.07, 6.45) is 3.95. The second kappa shape index (κ2) is 5.87. The summed E-state index contributed by atoms with van der Waals surface area (Å²) < 4.78 is 11.3. The molecule has 2 aliphatic rings. The number of aromatic nitrogens is 1. The Morgan fingerprint density at radius 3 is 2.95 bits per heavy atom. The standard InChI is InChI=1S/C15H23N3O2/c1-10-12(6-7-19-10)8-17-14-5-4-13(16)15(18-14)20-9-11-2-3-11/h4-5,10-12H,2-3,6-9,16H2,1H3,(H,17,18). The Bertz CT molecular complexity index is 462. The van der Waals surface area contributed by atoms with Crippen molar-refractivity contribution in [3.8, 4) is 5.88 Å². The highest BCUT2D eigenvalue weighted by Crippen LogP contribution is 2.30. The van der Waals surface area contributed by atoms with Gasteiger partial charge in [-0.2, -0.15) is 4.98 Å². The Balaban J connectivity index is 1.56. The van der Waals surface area contributed by atoms with E-state index >= 15 is 0 Å². The number of hydrogen-bond donors (Lipinski definition) is 2. The number of anilines is 2. The van der Waals surface area contributed by atoms with Gasteiger partial charge in [0.1, 0.15) is 5.82 Å². The summed E-state index contributed by atoms with van der Waals surface area (Å²) in [4.78, 5) is 4.46. The van der Waals surface area contributed by atoms with E-state index in [0.29, 0.717) is 29.5 Å². The highest BCUT2D eigenvalue weighted by molar-refractivity contribution is 5.53. The smallest absolute Gasteiger partial charge is 0.239 e. The summed E-state index contributed by atoms with van der Waals surface area (Å²) >= 11 is 0. The lowest BCUT2D eigenvalue weighted by atomic mass is 10.0. The van der Waals surface area contributed by atoms with Gasteiger partial charge < -0.3 is 20.5 Å². The van der Waals surface area contributed by atoms with Crippen LogP contribution in [0.25, 0.3) is 0 Å². The minimum absolute atomic E-state index is 0.321. The maximum absolute atomic E-state index is 5.90. The molecule has 0 radical (unpaired) electrons. The summed E-state index contributed by atoms with van der Waals surface area (Å²) in [6.45, 7) is 4.59. The van der Waals surface area contributed by atoms with E-state index in [1.165, 1.54) is 12.8 Å². The monoisotopic (exact) mass is 277 g/mol. The number of hydrogen-bond acceptors (Lipinski definition) is 5. The molecule has 0 spiro atoms. The highest BCUT2D eigenvalue weighted by Gasteiger charge is 2.24. The minimum atomic E-state index is 0.321. The maximum atomic E-state index is 5.90. The van der Waals surface area contributed by atoms with Crippen LogP contribution in [0.5, 0.6) is 5.88 Å². The predicted octanol–water partition coefficient (Wildman–Crippen LogP) is 2.29. The van der Waals surface area contributed by atoms with Crippen LogP contribution in [-0.2, 0) is 4.74 Å². The van der Waals surface area contributed by atoms with Crippen LogP contribution in [-0.4, -0.2) is 30.8 Å². The van der Waals surface area contributed by atoms with E-state index in [-0.39, 0.29) is 0 Å². The molecule has 2 fully saturated rings. The molecule has 2 heterocycles. The van der Waals surface area contributed by atoms with E-state index in [4.69, 9.17) is 15.2 Å². The number of nitrogens with two attached hydrogens (primary N) is 1. The van der Waals surface area contributed by atoms with Gasteiger partial charge in [-0.1, -0.05) is 0 Å². The van der Waals surface area contributed by atoms with Gasteiger partial charge in [-0.25, -0.2) is 0 Å². The lowest BCUT2D eigenvalue weighted by Crippen LogP contribution is -2.21. The summed E-state index contributed by atoms with van der Waals surface area (Å²) in [7, 11) is 0. The number of nitrogens with zero attached hydrogens (tertiary/aromatic N) is 1. The Morgan fingerprint density at radius 2 is 2.25 bits per heavy atom. The lowest BCUT2D eigenvalue weighted by Gasteiger charge is -2.16. The van der Waals surface area contributed by atoms with Crippen LogP contribution < -0.4 is 15.8 Å². The summed E-state index contributed by atoms with van der Waals surface area (Å²) in [5.41, 5.74) is 6.51. The summed E-state index contributed by atoms with van der Waals surface area (Å²) in [6, 6.07) is 3.76. The van der Waals surface area contributed by atoms with E-state index in [1.807, 2.05) is 12.1 Å². The molecule has 0 aromatic carbocycles. The molecule has 1 aromatic rings. The number of nitrogen functional groups attached to an aromatic ring is 1. The van der Waals surface area contributed by atoms with Gasteiger partial charge >= 0.3 is 0 Å². The third-order valence-electron chi connectivity index (χ3n) is 4.12. The average Bonchev–Trinajstić information content (AvgIpc) is 3.18. The molecule has 5 nitrogen and oxygen atoms in total. The zero-order valence-corrected chi connectivity index (χ0v) is 12.0. The van der Waals surface area contributed by atoms with Crippen molar-refractivity contribution in [2.45, 2.75) is 32.3 Å². The molecule has 2 unspecified atom stereocenters. The Kier molecular flexibility index (Phi) is 3.96.